The molecule has 0 unspecified atom stereocenters. The maximum absolute atomic E-state index is 13.1. The minimum Gasteiger partial charge on any atom is -0.480 e. The fourth-order valence-electron chi connectivity index (χ4n) is 3.66. The van der Waals surface area contributed by atoms with E-state index in [2.05, 4.69) is 10.6 Å². The molecular formula is C27H26N4O4. The summed E-state index contributed by atoms with van der Waals surface area (Å²) < 4.78 is 9.02. The summed E-state index contributed by atoms with van der Waals surface area (Å²) in [6, 6.07) is 24.9. The van der Waals surface area contributed by atoms with Crippen LogP contribution in [0.3, 0.4) is 0 Å². The Morgan fingerprint density at radius 2 is 1.46 bits per heavy atom. The van der Waals surface area contributed by atoms with Crippen LogP contribution in [-0.4, -0.2) is 27.3 Å². The Hall–Kier alpha value is -4.59. The smallest absolute Gasteiger partial charge is 0.295 e. The molecular weight excluding hydrogens is 444 g/mol. The fourth-order valence-corrected chi connectivity index (χ4v) is 3.66. The number of carbonyl (C=O) groups excluding carboxylic acids is 2. The van der Waals surface area contributed by atoms with E-state index in [1.54, 1.807) is 62.0 Å². The van der Waals surface area contributed by atoms with E-state index >= 15 is 0 Å². The van der Waals surface area contributed by atoms with E-state index < -0.39 is 12.0 Å². The number of para-hydroxylation sites is 3. The van der Waals surface area contributed by atoms with Crippen molar-refractivity contribution in [2.24, 2.45) is 7.05 Å². The standard InChI is InChI=1S/C27H26N4O4/c1-18-24(27(34)31(30(18)3)21-14-8-5-9-15-21)29-25(32)19(2)35-23-17-11-10-16-22(23)26(33)28-20-12-6-4-7-13-20/h4-17,19H,1-3H3,(H,28,33)(H,29,32)/t19-/m0/s1. The number of hydrogen-bond donors (Lipinski definition) is 2. The van der Waals surface area contributed by atoms with E-state index in [1.165, 1.54) is 4.68 Å². The zero-order chi connectivity index (χ0) is 24.9. The second-order valence-corrected chi connectivity index (χ2v) is 8.00. The molecule has 35 heavy (non-hydrogen) atoms. The number of nitrogens with zero attached hydrogens (tertiary/aromatic N) is 2. The Morgan fingerprint density at radius 1 is 0.857 bits per heavy atom. The summed E-state index contributed by atoms with van der Waals surface area (Å²) in [5.74, 6) is -0.603. The molecule has 0 saturated heterocycles. The normalized spacial score (nSPS) is 11.5. The first-order valence-corrected chi connectivity index (χ1v) is 11.1. The molecule has 0 saturated carbocycles. The molecule has 1 atom stereocenters. The molecule has 0 aliphatic rings. The average molecular weight is 471 g/mol. The Kier molecular flexibility index (Phi) is 6.82. The minimum absolute atomic E-state index is 0.173. The van der Waals surface area contributed by atoms with Crippen molar-refractivity contribution in [3.05, 3.63) is 107 Å². The van der Waals surface area contributed by atoms with Crippen LogP contribution in [-0.2, 0) is 11.8 Å². The van der Waals surface area contributed by atoms with Gasteiger partial charge < -0.3 is 15.4 Å². The number of carbonyl (C=O) groups is 2. The summed E-state index contributed by atoms with van der Waals surface area (Å²) in [5, 5.41) is 5.51. The van der Waals surface area contributed by atoms with Gasteiger partial charge in [0.15, 0.2) is 6.10 Å². The highest BCUT2D eigenvalue weighted by molar-refractivity contribution is 6.06. The van der Waals surface area contributed by atoms with Gasteiger partial charge in [0.2, 0.25) is 0 Å². The van der Waals surface area contributed by atoms with Crippen molar-refractivity contribution in [2.75, 3.05) is 10.6 Å². The van der Waals surface area contributed by atoms with Crippen LogP contribution in [0.1, 0.15) is 23.0 Å². The van der Waals surface area contributed by atoms with Gasteiger partial charge in [-0.25, -0.2) is 4.68 Å². The summed E-state index contributed by atoms with van der Waals surface area (Å²) in [5.41, 5.74) is 2.05. The topological polar surface area (TPSA) is 94.4 Å². The van der Waals surface area contributed by atoms with Gasteiger partial charge in [-0.3, -0.25) is 19.1 Å². The van der Waals surface area contributed by atoms with Crippen LogP contribution in [0.2, 0.25) is 0 Å². The van der Waals surface area contributed by atoms with Crippen molar-refractivity contribution in [2.45, 2.75) is 20.0 Å². The monoisotopic (exact) mass is 470 g/mol. The lowest BCUT2D eigenvalue weighted by atomic mass is 10.1. The molecule has 1 aromatic heterocycles. The van der Waals surface area contributed by atoms with Crippen molar-refractivity contribution in [3.63, 3.8) is 0 Å². The second-order valence-electron chi connectivity index (χ2n) is 8.00. The van der Waals surface area contributed by atoms with Crippen molar-refractivity contribution in [1.29, 1.82) is 0 Å². The summed E-state index contributed by atoms with van der Waals surface area (Å²) in [7, 11) is 1.75. The number of amides is 2. The molecule has 0 spiro atoms. The van der Waals surface area contributed by atoms with Crippen molar-refractivity contribution < 1.29 is 14.3 Å². The van der Waals surface area contributed by atoms with Gasteiger partial charge in [0.05, 0.1) is 16.9 Å². The fraction of sp³-hybridized carbons (Fsp3) is 0.148. The summed E-state index contributed by atoms with van der Waals surface area (Å²) in [6.45, 7) is 3.32. The van der Waals surface area contributed by atoms with Gasteiger partial charge in [0.1, 0.15) is 11.4 Å². The third kappa shape index (κ3) is 5.01. The second kappa shape index (κ2) is 10.1. The summed E-state index contributed by atoms with van der Waals surface area (Å²) in [4.78, 5) is 38.8. The highest BCUT2D eigenvalue weighted by atomic mass is 16.5. The minimum atomic E-state index is -0.968. The van der Waals surface area contributed by atoms with Gasteiger partial charge in [0.25, 0.3) is 17.4 Å². The SMILES string of the molecule is Cc1c(NC(=O)[C@H](C)Oc2ccccc2C(=O)Nc2ccccc2)c(=O)n(-c2ccccc2)n1C. The van der Waals surface area contributed by atoms with Crippen LogP contribution in [0.5, 0.6) is 5.75 Å². The van der Waals surface area contributed by atoms with E-state index in [1.807, 2.05) is 48.5 Å². The molecule has 8 heteroatoms. The molecule has 1 heterocycles. The van der Waals surface area contributed by atoms with Gasteiger partial charge in [-0.05, 0) is 50.2 Å². The van der Waals surface area contributed by atoms with Gasteiger partial charge in [0, 0.05) is 12.7 Å². The van der Waals surface area contributed by atoms with E-state index in [4.69, 9.17) is 4.74 Å². The third-order valence-electron chi connectivity index (χ3n) is 5.64. The molecule has 2 amide bonds. The first-order valence-electron chi connectivity index (χ1n) is 11.1. The van der Waals surface area contributed by atoms with Crippen LogP contribution in [0, 0.1) is 6.92 Å². The van der Waals surface area contributed by atoms with E-state index in [-0.39, 0.29) is 22.9 Å². The Labute approximate surface area is 202 Å². The van der Waals surface area contributed by atoms with Crippen LogP contribution < -0.4 is 20.9 Å². The van der Waals surface area contributed by atoms with Gasteiger partial charge in [-0.1, -0.05) is 48.5 Å². The molecule has 0 aliphatic carbocycles. The molecule has 8 nitrogen and oxygen atoms in total. The number of aromatic nitrogens is 2. The number of hydrogen-bond acceptors (Lipinski definition) is 4. The molecule has 178 valence electrons. The van der Waals surface area contributed by atoms with Crippen LogP contribution >= 0.6 is 0 Å². The van der Waals surface area contributed by atoms with Crippen LogP contribution in [0.25, 0.3) is 5.69 Å². The molecule has 0 bridgehead atoms. The lowest BCUT2D eigenvalue weighted by Crippen LogP contribution is -2.33. The molecule has 3 aromatic carbocycles. The van der Waals surface area contributed by atoms with Crippen molar-refractivity contribution in [1.82, 2.24) is 9.36 Å². The number of benzene rings is 3. The lowest BCUT2D eigenvalue weighted by molar-refractivity contribution is -0.122. The Balaban J connectivity index is 1.52. The third-order valence-corrected chi connectivity index (χ3v) is 5.64. The van der Waals surface area contributed by atoms with Crippen molar-refractivity contribution >= 4 is 23.2 Å². The Morgan fingerprint density at radius 3 is 2.14 bits per heavy atom. The first-order chi connectivity index (χ1) is 16.9. The zero-order valence-electron chi connectivity index (χ0n) is 19.7. The maximum Gasteiger partial charge on any atom is 0.295 e. The number of rotatable bonds is 7. The molecule has 4 aromatic rings. The Bertz CT molecular complexity index is 1410. The predicted octanol–water partition coefficient (Wildman–Crippen LogP) is 4.14. The average Bonchev–Trinajstić information content (AvgIpc) is 3.08. The quantitative estimate of drug-likeness (QED) is 0.424. The predicted molar refractivity (Wildman–Crippen MR) is 135 cm³/mol. The van der Waals surface area contributed by atoms with E-state index in [0.717, 1.165) is 0 Å². The van der Waals surface area contributed by atoms with Crippen molar-refractivity contribution in [3.8, 4) is 11.4 Å². The van der Waals surface area contributed by atoms with E-state index in [0.29, 0.717) is 22.6 Å². The number of anilines is 2. The number of ether oxygens (including phenoxy) is 1. The highest BCUT2D eigenvalue weighted by Crippen LogP contribution is 2.22. The molecule has 0 radical (unpaired) electrons. The highest BCUT2D eigenvalue weighted by Gasteiger charge is 2.23. The summed E-state index contributed by atoms with van der Waals surface area (Å²) >= 11 is 0. The molecule has 2 N–H and O–H groups in total. The summed E-state index contributed by atoms with van der Waals surface area (Å²) in [6.07, 6.45) is -0.968. The molecule has 0 fully saturated rings. The van der Waals surface area contributed by atoms with Gasteiger partial charge >= 0.3 is 0 Å². The van der Waals surface area contributed by atoms with Gasteiger partial charge in [-0.15, -0.1) is 0 Å². The van der Waals surface area contributed by atoms with Crippen LogP contribution in [0.15, 0.2) is 89.7 Å². The number of nitrogens with one attached hydrogen (secondary N) is 2. The molecule has 4 rings (SSSR count). The van der Waals surface area contributed by atoms with E-state index in [9.17, 15) is 14.4 Å². The van der Waals surface area contributed by atoms with Gasteiger partial charge in [-0.2, -0.15) is 0 Å². The van der Waals surface area contributed by atoms with Crippen LogP contribution in [0.4, 0.5) is 11.4 Å². The molecule has 0 aliphatic heterocycles. The first kappa shape index (κ1) is 23.6. The maximum atomic E-state index is 13.1. The largest absolute Gasteiger partial charge is 0.480 e. The zero-order valence-corrected chi connectivity index (χ0v) is 19.7. The lowest BCUT2D eigenvalue weighted by Gasteiger charge is -2.17.